The van der Waals surface area contributed by atoms with Crippen LogP contribution in [-0.4, -0.2) is 6.36 Å². The fourth-order valence-electron chi connectivity index (χ4n) is 0.969. The number of halogens is 5. The van der Waals surface area contributed by atoms with Crippen LogP contribution < -0.4 is 10.5 Å². The summed E-state index contributed by atoms with van der Waals surface area (Å²) in [6.45, 7) is 0. The van der Waals surface area contributed by atoms with E-state index in [0.717, 1.165) is 12.1 Å². The Morgan fingerprint density at radius 3 is 2.40 bits per heavy atom. The summed E-state index contributed by atoms with van der Waals surface area (Å²) in [4.78, 5) is 0. The fraction of sp³-hybridized carbons (Fsp3) is 0.250. The van der Waals surface area contributed by atoms with Gasteiger partial charge in [0, 0.05) is 17.0 Å². The normalized spacial score (nSPS) is 11.5. The quantitative estimate of drug-likeness (QED) is 0.515. The number of alkyl halides is 4. The van der Waals surface area contributed by atoms with Crippen molar-refractivity contribution in [1.82, 2.24) is 0 Å². The van der Waals surface area contributed by atoms with Crippen molar-refractivity contribution in [2.24, 2.45) is 0 Å². The highest BCUT2D eigenvalue weighted by atomic mass is 79.9. The van der Waals surface area contributed by atoms with Crippen LogP contribution >= 0.6 is 15.9 Å². The second kappa shape index (κ2) is 4.26. The highest BCUT2D eigenvalue weighted by Crippen LogP contribution is 2.29. The van der Waals surface area contributed by atoms with Crippen LogP contribution in [0, 0.1) is 5.82 Å². The van der Waals surface area contributed by atoms with Gasteiger partial charge in [0.1, 0.15) is 11.6 Å². The number of hydrogen-bond acceptors (Lipinski definition) is 2. The molecule has 2 N–H and O–H groups in total. The van der Waals surface area contributed by atoms with E-state index in [1.807, 2.05) is 0 Å². The number of ether oxygens (including phenoxy) is 1. The zero-order valence-electron chi connectivity index (χ0n) is 7.24. The highest BCUT2D eigenvalue weighted by molar-refractivity contribution is 9.08. The van der Waals surface area contributed by atoms with E-state index >= 15 is 0 Å². The zero-order valence-corrected chi connectivity index (χ0v) is 8.82. The molecule has 0 aliphatic carbocycles. The van der Waals surface area contributed by atoms with Gasteiger partial charge in [-0.15, -0.1) is 13.2 Å². The van der Waals surface area contributed by atoms with Crippen molar-refractivity contribution < 1.29 is 22.3 Å². The van der Waals surface area contributed by atoms with Crippen molar-refractivity contribution in [2.45, 2.75) is 11.7 Å². The second-order valence-corrected chi connectivity index (χ2v) is 3.23. The Morgan fingerprint density at radius 1 is 1.33 bits per heavy atom. The standard InChI is InChI=1S/C8H6BrF4NO/c9-3-4-1-5(15-8(11,12)13)2-6(14)7(4)10/h1-2H,3,14H2. The summed E-state index contributed by atoms with van der Waals surface area (Å²) < 4.78 is 52.3. The van der Waals surface area contributed by atoms with Crippen molar-refractivity contribution >= 4 is 21.6 Å². The lowest BCUT2D eigenvalue weighted by Gasteiger charge is -2.11. The molecule has 1 rings (SSSR count). The summed E-state index contributed by atoms with van der Waals surface area (Å²) in [6.07, 6.45) is -4.81. The van der Waals surface area contributed by atoms with E-state index in [-0.39, 0.29) is 16.6 Å². The van der Waals surface area contributed by atoms with Gasteiger partial charge in [-0.2, -0.15) is 0 Å². The van der Waals surface area contributed by atoms with Gasteiger partial charge in [-0.3, -0.25) is 0 Å². The molecule has 1 aromatic carbocycles. The predicted octanol–water partition coefficient (Wildman–Crippen LogP) is 3.20. The molecule has 7 heteroatoms. The minimum Gasteiger partial charge on any atom is -0.406 e. The third-order valence-corrected chi connectivity index (χ3v) is 2.13. The number of rotatable bonds is 2. The molecule has 0 heterocycles. The Balaban J connectivity index is 3.06. The smallest absolute Gasteiger partial charge is 0.406 e. The van der Waals surface area contributed by atoms with Crippen LogP contribution in [0.25, 0.3) is 0 Å². The minimum atomic E-state index is -4.81. The summed E-state index contributed by atoms with van der Waals surface area (Å²) in [6, 6.07) is 1.73. The van der Waals surface area contributed by atoms with Crippen molar-refractivity contribution in [3.05, 3.63) is 23.5 Å². The van der Waals surface area contributed by atoms with Crippen molar-refractivity contribution in [1.29, 1.82) is 0 Å². The van der Waals surface area contributed by atoms with Gasteiger partial charge in [0.05, 0.1) is 5.69 Å². The first kappa shape index (κ1) is 12.1. The monoisotopic (exact) mass is 287 g/mol. The molecule has 0 amide bonds. The number of anilines is 1. The molecule has 0 bridgehead atoms. The Morgan fingerprint density at radius 2 is 1.93 bits per heavy atom. The molecular weight excluding hydrogens is 282 g/mol. The molecule has 0 aromatic heterocycles. The largest absolute Gasteiger partial charge is 0.573 e. The van der Waals surface area contributed by atoms with Crippen molar-refractivity contribution in [3.63, 3.8) is 0 Å². The molecule has 0 atom stereocenters. The van der Waals surface area contributed by atoms with Gasteiger partial charge in [-0.05, 0) is 6.07 Å². The maximum absolute atomic E-state index is 13.1. The molecule has 1 aromatic rings. The van der Waals surface area contributed by atoms with Gasteiger partial charge in [-0.1, -0.05) is 15.9 Å². The molecule has 2 nitrogen and oxygen atoms in total. The fourth-order valence-corrected chi connectivity index (χ4v) is 1.38. The Hall–Kier alpha value is -0.980. The molecule has 0 spiro atoms. The van der Waals surface area contributed by atoms with Crippen LogP contribution in [0.1, 0.15) is 5.56 Å². The van der Waals surface area contributed by atoms with Gasteiger partial charge in [-0.25, -0.2) is 4.39 Å². The first-order valence-corrected chi connectivity index (χ1v) is 4.85. The first-order chi connectivity index (χ1) is 6.83. The Kier molecular flexibility index (Phi) is 3.43. The van der Waals surface area contributed by atoms with Crippen LogP contribution in [0.3, 0.4) is 0 Å². The molecule has 0 saturated carbocycles. The molecule has 0 fully saturated rings. The SMILES string of the molecule is Nc1cc(OC(F)(F)F)cc(CBr)c1F. The first-order valence-electron chi connectivity index (χ1n) is 3.73. The van der Waals surface area contributed by atoms with E-state index in [0.29, 0.717) is 0 Å². The predicted molar refractivity (Wildman–Crippen MR) is 50.1 cm³/mol. The molecule has 0 aliphatic heterocycles. The molecule has 0 aliphatic rings. The maximum atomic E-state index is 13.1. The third kappa shape index (κ3) is 3.26. The van der Waals surface area contributed by atoms with Crippen molar-refractivity contribution in [2.75, 3.05) is 5.73 Å². The molecule has 84 valence electrons. The van der Waals surface area contributed by atoms with Gasteiger partial charge >= 0.3 is 6.36 Å². The zero-order chi connectivity index (χ0) is 11.6. The third-order valence-electron chi connectivity index (χ3n) is 1.53. The topological polar surface area (TPSA) is 35.2 Å². The van der Waals surface area contributed by atoms with Crippen LogP contribution in [0.5, 0.6) is 5.75 Å². The summed E-state index contributed by atoms with van der Waals surface area (Å²) in [5.74, 6) is -1.28. The molecule has 15 heavy (non-hydrogen) atoms. The average Bonchev–Trinajstić information content (AvgIpc) is 2.08. The lowest BCUT2D eigenvalue weighted by atomic mass is 10.2. The van der Waals surface area contributed by atoms with Crippen LogP contribution in [-0.2, 0) is 5.33 Å². The number of nitrogens with two attached hydrogens (primary N) is 1. The highest BCUT2D eigenvalue weighted by Gasteiger charge is 2.31. The maximum Gasteiger partial charge on any atom is 0.573 e. The summed E-state index contributed by atoms with van der Waals surface area (Å²) >= 11 is 2.92. The minimum absolute atomic E-state index is 0.00856. The van der Waals surface area contributed by atoms with Gasteiger partial charge < -0.3 is 10.5 Å². The van der Waals surface area contributed by atoms with Gasteiger partial charge in [0.25, 0.3) is 0 Å². The Labute approximate surface area is 91.1 Å². The molecule has 0 unspecified atom stereocenters. The van der Waals surface area contributed by atoms with E-state index in [9.17, 15) is 17.6 Å². The van der Waals surface area contributed by atoms with E-state index in [2.05, 4.69) is 20.7 Å². The summed E-state index contributed by atoms with van der Waals surface area (Å²) in [7, 11) is 0. The van der Waals surface area contributed by atoms with E-state index in [1.165, 1.54) is 0 Å². The van der Waals surface area contributed by atoms with Crippen molar-refractivity contribution in [3.8, 4) is 5.75 Å². The number of hydrogen-bond donors (Lipinski definition) is 1. The second-order valence-electron chi connectivity index (χ2n) is 2.67. The lowest BCUT2D eigenvalue weighted by molar-refractivity contribution is -0.274. The van der Waals surface area contributed by atoms with E-state index < -0.39 is 17.9 Å². The van der Waals surface area contributed by atoms with Crippen LogP contribution in [0.4, 0.5) is 23.2 Å². The summed E-state index contributed by atoms with van der Waals surface area (Å²) in [5, 5.41) is 0.0537. The van der Waals surface area contributed by atoms with Gasteiger partial charge in [0.2, 0.25) is 0 Å². The van der Waals surface area contributed by atoms with Gasteiger partial charge in [0.15, 0.2) is 0 Å². The molecule has 0 radical (unpaired) electrons. The van der Waals surface area contributed by atoms with Crippen LogP contribution in [0.2, 0.25) is 0 Å². The molecular formula is C8H6BrF4NO. The summed E-state index contributed by atoms with van der Waals surface area (Å²) in [5.41, 5.74) is 4.80. The Bertz CT molecular complexity index is 366. The van der Waals surface area contributed by atoms with E-state index in [4.69, 9.17) is 5.73 Å². The molecule has 0 saturated heterocycles. The number of nitrogen functional groups attached to an aromatic ring is 1. The lowest BCUT2D eigenvalue weighted by Crippen LogP contribution is -2.17. The van der Waals surface area contributed by atoms with E-state index in [1.54, 1.807) is 0 Å². The number of benzene rings is 1. The average molecular weight is 288 g/mol. The van der Waals surface area contributed by atoms with Crippen LogP contribution in [0.15, 0.2) is 12.1 Å².